The zero-order valence-electron chi connectivity index (χ0n) is 16.4. The molecule has 0 spiro atoms. The first kappa shape index (κ1) is 19.9. The fraction of sp³-hybridized carbons (Fsp3) is 0.391. The van der Waals surface area contributed by atoms with Gasteiger partial charge in [-0.05, 0) is 68.1 Å². The molecule has 0 aliphatic carbocycles. The summed E-state index contributed by atoms with van der Waals surface area (Å²) in [6, 6.07) is 14.3. The summed E-state index contributed by atoms with van der Waals surface area (Å²) in [5.41, 5.74) is 1.78. The fourth-order valence-electron chi connectivity index (χ4n) is 3.25. The normalized spacial score (nSPS) is 13.8. The molecule has 0 radical (unpaired) electrons. The second-order valence-electron chi connectivity index (χ2n) is 7.11. The van der Waals surface area contributed by atoms with Gasteiger partial charge >= 0.3 is 0 Å². The molecule has 1 fully saturated rings. The van der Waals surface area contributed by atoms with Crippen LogP contribution in [0.2, 0.25) is 0 Å². The molecule has 2 aromatic rings. The van der Waals surface area contributed by atoms with Crippen molar-refractivity contribution in [3.63, 3.8) is 0 Å². The van der Waals surface area contributed by atoms with Crippen molar-refractivity contribution >= 4 is 17.5 Å². The highest BCUT2D eigenvalue weighted by molar-refractivity contribution is 6.05. The minimum absolute atomic E-state index is 0.0318. The molecule has 0 unspecified atom stereocenters. The number of benzene rings is 2. The fourth-order valence-corrected chi connectivity index (χ4v) is 3.25. The van der Waals surface area contributed by atoms with Crippen LogP contribution in [0.25, 0.3) is 0 Å². The largest absolute Gasteiger partial charge is 0.494 e. The molecule has 2 amide bonds. The third kappa shape index (κ3) is 5.35. The highest BCUT2D eigenvalue weighted by Crippen LogP contribution is 2.18. The van der Waals surface area contributed by atoms with E-state index in [1.165, 1.54) is 6.42 Å². The number of piperidine rings is 1. The number of unbranched alkanes of at least 4 members (excludes halogenated alkanes) is 1. The number of hydrogen-bond acceptors (Lipinski definition) is 3. The van der Waals surface area contributed by atoms with Crippen molar-refractivity contribution in [1.82, 2.24) is 4.90 Å². The summed E-state index contributed by atoms with van der Waals surface area (Å²) in [5.74, 6) is 0.589. The first-order chi connectivity index (χ1) is 13.7. The summed E-state index contributed by atoms with van der Waals surface area (Å²) in [4.78, 5) is 27.1. The van der Waals surface area contributed by atoms with Gasteiger partial charge in [-0.1, -0.05) is 19.4 Å². The Balaban J connectivity index is 1.61. The Morgan fingerprint density at radius 2 is 1.75 bits per heavy atom. The van der Waals surface area contributed by atoms with E-state index in [1.807, 2.05) is 4.90 Å². The molecular formula is C23H28N2O3. The Bertz CT molecular complexity index is 796. The average Bonchev–Trinajstić information content (AvgIpc) is 2.74. The van der Waals surface area contributed by atoms with Gasteiger partial charge in [0, 0.05) is 29.9 Å². The van der Waals surface area contributed by atoms with Crippen molar-refractivity contribution < 1.29 is 14.3 Å². The zero-order chi connectivity index (χ0) is 19.8. The summed E-state index contributed by atoms with van der Waals surface area (Å²) in [5, 5.41) is 2.88. The number of ether oxygens (including phenoxy) is 1. The summed E-state index contributed by atoms with van der Waals surface area (Å²) < 4.78 is 5.63. The first-order valence-electron chi connectivity index (χ1n) is 10.1. The van der Waals surface area contributed by atoms with E-state index in [4.69, 9.17) is 4.74 Å². The lowest BCUT2D eigenvalue weighted by atomic mass is 10.1. The van der Waals surface area contributed by atoms with Gasteiger partial charge < -0.3 is 15.0 Å². The third-order valence-electron chi connectivity index (χ3n) is 4.89. The number of likely N-dealkylation sites (tertiary alicyclic amines) is 1. The van der Waals surface area contributed by atoms with Gasteiger partial charge in [0.15, 0.2) is 0 Å². The lowest BCUT2D eigenvalue weighted by molar-refractivity contribution is 0.0724. The predicted octanol–water partition coefficient (Wildman–Crippen LogP) is 4.74. The van der Waals surface area contributed by atoms with E-state index in [1.54, 1.807) is 48.5 Å². The number of hydrogen-bond donors (Lipinski definition) is 1. The zero-order valence-corrected chi connectivity index (χ0v) is 16.4. The van der Waals surface area contributed by atoms with Gasteiger partial charge in [-0.25, -0.2) is 0 Å². The van der Waals surface area contributed by atoms with Gasteiger partial charge in [0.2, 0.25) is 0 Å². The molecule has 1 heterocycles. The lowest BCUT2D eigenvalue weighted by Crippen LogP contribution is -2.35. The smallest absolute Gasteiger partial charge is 0.255 e. The molecule has 0 atom stereocenters. The van der Waals surface area contributed by atoms with Crippen LogP contribution < -0.4 is 10.1 Å². The van der Waals surface area contributed by atoms with Crippen LogP contribution in [-0.4, -0.2) is 36.4 Å². The van der Waals surface area contributed by atoms with Crippen molar-refractivity contribution in [2.24, 2.45) is 0 Å². The second kappa shape index (κ2) is 9.93. The highest BCUT2D eigenvalue weighted by Gasteiger charge is 2.18. The molecular weight excluding hydrogens is 352 g/mol. The van der Waals surface area contributed by atoms with Crippen LogP contribution in [0.4, 0.5) is 5.69 Å². The number of amides is 2. The number of anilines is 1. The molecule has 2 aromatic carbocycles. The maximum atomic E-state index is 12.7. The first-order valence-corrected chi connectivity index (χ1v) is 10.1. The van der Waals surface area contributed by atoms with Crippen molar-refractivity contribution in [2.45, 2.75) is 39.0 Å². The summed E-state index contributed by atoms with van der Waals surface area (Å²) in [6.45, 7) is 4.41. The molecule has 0 aromatic heterocycles. The van der Waals surface area contributed by atoms with Gasteiger partial charge in [0.05, 0.1) is 6.61 Å². The summed E-state index contributed by atoms with van der Waals surface area (Å²) >= 11 is 0. The number of carbonyl (C=O) groups excluding carboxylic acids is 2. The van der Waals surface area contributed by atoms with E-state index in [0.29, 0.717) is 23.4 Å². The van der Waals surface area contributed by atoms with Crippen LogP contribution in [0.5, 0.6) is 5.75 Å². The van der Waals surface area contributed by atoms with E-state index < -0.39 is 0 Å². The van der Waals surface area contributed by atoms with E-state index in [0.717, 1.165) is 44.5 Å². The third-order valence-corrected chi connectivity index (χ3v) is 4.89. The van der Waals surface area contributed by atoms with E-state index in [2.05, 4.69) is 12.2 Å². The molecule has 1 aliphatic rings. The molecule has 5 nitrogen and oxygen atoms in total. The Kier molecular flexibility index (Phi) is 7.06. The lowest BCUT2D eigenvalue weighted by Gasteiger charge is -2.26. The molecule has 5 heteroatoms. The maximum Gasteiger partial charge on any atom is 0.255 e. The minimum atomic E-state index is -0.206. The standard InChI is InChI=1S/C23H28N2O3/c1-2-3-16-28-21-12-10-18(11-13-21)22(26)24-20-9-7-8-19(17-20)23(27)25-14-5-4-6-15-25/h7-13,17H,2-6,14-16H2,1H3,(H,24,26). The summed E-state index contributed by atoms with van der Waals surface area (Å²) in [7, 11) is 0. The van der Waals surface area contributed by atoms with Crippen LogP contribution >= 0.6 is 0 Å². The average molecular weight is 380 g/mol. The molecule has 0 saturated carbocycles. The van der Waals surface area contributed by atoms with Crippen LogP contribution in [0.1, 0.15) is 59.7 Å². The molecule has 1 saturated heterocycles. The van der Waals surface area contributed by atoms with E-state index in [-0.39, 0.29) is 11.8 Å². The van der Waals surface area contributed by atoms with Gasteiger partial charge in [-0.2, -0.15) is 0 Å². The van der Waals surface area contributed by atoms with E-state index in [9.17, 15) is 9.59 Å². The number of nitrogens with zero attached hydrogens (tertiary/aromatic N) is 1. The van der Waals surface area contributed by atoms with Crippen molar-refractivity contribution in [3.8, 4) is 5.75 Å². The Morgan fingerprint density at radius 3 is 2.46 bits per heavy atom. The Labute approximate surface area is 166 Å². The maximum absolute atomic E-state index is 12.7. The molecule has 1 N–H and O–H groups in total. The van der Waals surface area contributed by atoms with Crippen molar-refractivity contribution in [2.75, 3.05) is 25.0 Å². The molecule has 148 valence electrons. The highest BCUT2D eigenvalue weighted by atomic mass is 16.5. The van der Waals surface area contributed by atoms with Gasteiger partial charge in [-0.3, -0.25) is 9.59 Å². The molecule has 28 heavy (non-hydrogen) atoms. The topological polar surface area (TPSA) is 58.6 Å². The van der Waals surface area contributed by atoms with E-state index >= 15 is 0 Å². The number of carbonyl (C=O) groups is 2. The van der Waals surface area contributed by atoms with Crippen LogP contribution in [0.3, 0.4) is 0 Å². The van der Waals surface area contributed by atoms with Gasteiger partial charge in [0.1, 0.15) is 5.75 Å². The quantitative estimate of drug-likeness (QED) is 0.706. The molecule has 3 rings (SSSR count). The van der Waals surface area contributed by atoms with Crippen LogP contribution in [0.15, 0.2) is 48.5 Å². The minimum Gasteiger partial charge on any atom is -0.494 e. The Hall–Kier alpha value is -2.82. The Morgan fingerprint density at radius 1 is 1.00 bits per heavy atom. The number of rotatable bonds is 7. The van der Waals surface area contributed by atoms with Crippen molar-refractivity contribution in [1.29, 1.82) is 0 Å². The second-order valence-corrected chi connectivity index (χ2v) is 7.11. The predicted molar refractivity (Wildman–Crippen MR) is 111 cm³/mol. The molecule has 0 bridgehead atoms. The molecule has 1 aliphatic heterocycles. The SMILES string of the molecule is CCCCOc1ccc(C(=O)Nc2cccc(C(=O)N3CCCCC3)c2)cc1. The van der Waals surface area contributed by atoms with Crippen LogP contribution in [-0.2, 0) is 0 Å². The van der Waals surface area contributed by atoms with Gasteiger partial charge in [0.25, 0.3) is 11.8 Å². The summed E-state index contributed by atoms with van der Waals surface area (Å²) in [6.07, 6.45) is 5.39. The number of nitrogens with one attached hydrogen (secondary N) is 1. The monoisotopic (exact) mass is 380 g/mol. The van der Waals surface area contributed by atoms with Gasteiger partial charge in [-0.15, -0.1) is 0 Å². The van der Waals surface area contributed by atoms with Crippen LogP contribution in [0, 0.1) is 0 Å². The van der Waals surface area contributed by atoms with Crippen molar-refractivity contribution in [3.05, 3.63) is 59.7 Å².